The maximum atomic E-state index is 12.4. The van der Waals surface area contributed by atoms with Crippen LogP contribution in [-0.2, 0) is 10.8 Å². The van der Waals surface area contributed by atoms with Gasteiger partial charge in [-0.25, -0.2) is 0 Å². The lowest BCUT2D eigenvalue weighted by Gasteiger charge is -2.34. The topological polar surface area (TPSA) is 72.5 Å². The highest BCUT2D eigenvalue weighted by atomic mass is 16.7. The van der Waals surface area contributed by atoms with Crippen molar-refractivity contribution in [2.75, 3.05) is 9.80 Å². The number of hydrogen-bond acceptors (Lipinski definition) is 6. The predicted molar refractivity (Wildman–Crippen MR) is 364 cm³/mol. The molecule has 426 valence electrons. The molecule has 13 aromatic rings. The quantitative estimate of drug-likeness (QED) is 0.151. The first kappa shape index (κ1) is 52.2. The minimum absolute atomic E-state index is 0.133. The molecule has 0 N–H and O–H groups in total. The molecule has 91 heavy (non-hydrogen) atoms. The van der Waals surface area contributed by atoms with Crippen LogP contribution in [0.5, 0.6) is 11.5 Å². The molecular formula is C85H54N4O2. The van der Waals surface area contributed by atoms with Crippen molar-refractivity contribution >= 4 is 34.1 Å². The van der Waals surface area contributed by atoms with E-state index in [1.54, 1.807) is 0 Å². The molecule has 0 aromatic heterocycles. The molecule has 0 bridgehead atoms. The molecule has 0 radical (unpaired) electrons. The third kappa shape index (κ3) is 7.10. The number of ether oxygens (including phenoxy) is 2. The molecule has 4 aliphatic carbocycles. The molecule has 0 saturated heterocycles. The van der Waals surface area contributed by atoms with Gasteiger partial charge in [0.2, 0.25) is 5.79 Å². The third-order valence-electron chi connectivity index (χ3n) is 19.7. The van der Waals surface area contributed by atoms with Crippen LogP contribution in [0.15, 0.2) is 291 Å². The first-order valence-corrected chi connectivity index (χ1v) is 31.0. The first-order chi connectivity index (χ1) is 44.8. The number of benzene rings is 13. The molecule has 13 aromatic carbocycles. The van der Waals surface area contributed by atoms with Gasteiger partial charge in [-0.2, -0.15) is 10.5 Å². The summed E-state index contributed by atoms with van der Waals surface area (Å²) < 4.78 is 14.7. The van der Waals surface area contributed by atoms with Gasteiger partial charge in [-0.3, -0.25) is 0 Å². The minimum atomic E-state index is -1.28. The Labute approximate surface area is 528 Å². The van der Waals surface area contributed by atoms with Crippen LogP contribution in [0, 0.1) is 22.7 Å². The lowest BCUT2D eigenvalue weighted by Crippen LogP contribution is -2.30. The van der Waals surface area contributed by atoms with Crippen LogP contribution in [-0.4, -0.2) is 5.79 Å². The number of rotatable bonds is 8. The number of fused-ring (bicyclic) bond motifs is 21. The largest absolute Gasteiger partial charge is 0.447 e. The Morgan fingerprint density at radius 3 is 0.890 bits per heavy atom. The van der Waals surface area contributed by atoms with Gasteiger partial charge in [-0.15, -0.1) is 0 Å². The molecule has 0 amide bonds. The Morgan fingerprint density at radius 1 is 0.286 bits per heavy atom. The summed E-state index contributed by atoms with van der Waals surface area (Å²) in [5, 5.41) is 24.9. The molecule has 18 rings (SSSR count). The molecule has 1 aliphatic heterocycles. The number of nitriles is 2. The van der Waals surface area contributed by atoms with E-state index < -0.39 is 16.6 Å². The Hall–Kier alpha value is -12.0. The molecule has 0 atom stereocenters. The van der Waals surface area contributed by atoms with Crippen molar-refractivity contribution in [2.24, 2.45) is 0 Å². The smallest absolute Gasteiger partial charge is 0.246 e. The summed E-state index contributed by atoms with van der Waals surface area (Å²) in [6.45, 7) is 3.81. The summed E-state index contributed by atoms with van der Waals surface area (Å²) in [5.74, 6) is -0.601. The van der Waals surface area contributed by atoms with Crippen molar-refractivity contribution in [2.45, 2.75) is 30.5 Å². The van der Waals surface area contributed by atoms with Crippen molar-refractivity contribution in [1.29, 1.82) is 10.5 Å². The van der Waals surface area contributed by atoms with Gasteiger partial charge in [0.25, 0.3) is 0 Å². The van der Waals surface area contributed by atoms with Gasteiger partial charge >= 0.3 is 0 Å². The minimum Gasteiger partial charge on any atom is -0.447 e. The van der Waals surface area contributed by atoms with E-state index in [2.05, 4.69) is 301 Å². The van der Waals surface area contributed by atoms with Crippen LogP contribution < -0.4 is 19.3 Å². The van der Waals surface area contributed by atoms with Crippen LogP contribution in [0.3, 0.4) is 0 Å². The summed E-state index contributed by atoms with van der Waals surface area (Å²) in [4.78, 5) is 4.33. The highest BCUT2D eigenvalue weighted by Gasteiger charge is 2.55. The summed E-state index contributed by atoms with van der Waals surface area (Å²) in [5.41, 5.74) is 25.5. The zero-order chi connectivity index (χ0) is 60.7. The van der Waals surface area contributed by atoms with Gasteiger partial charge in [0.15, 0.2) is 11.5 Å². The van der Waals surface area contributed by atoms with E-state index in [9.17, 15) is 10.5 Å². The Morgan fingerprint density at radius 2 is 0.560 bits per heavy atom. The second-order valence-electron chi connectivity index (χ2n) is 24.6. The fraction of sp³-hybridized carbons (Fsp3) is 0.0588. The zero-order valence-corrected chi connectivity index (χ0v) is 49.8. The Bertz CT molecular complexity index is 4890. The standard InChI is InChI=1S/C85H54N4O2/c1-83(2)90-81-79(88(57-47-43-55(44-48-57)53-23-5-3-6-24-53)75-41-21-39-73-77(75)63-31-13-19-37-71(63)84(73)67-33-15-9-27-59(67)60-28-10-16-34-68(60)84)65(51-86)66(52-87)80(82(81)91-83)89(58-49-45-56(46-50-58)54-25-7-4-8-26-54)76-42-22-40-74-78(76)64-32-14-20-38-72(64)85(74)69-35-17-11-29-61(69)62-30-12-18-36-70(62)85/h3-50H,1-2H3. The van der Waals surface area contributed by atoms with Gasteiger partial charge < -0.3 is 19.3 Å². The van der Waals surface area contributed by atoms with E-state index in [1.807, 2.05) is 26.0 Å². The summed E-state index contributed by atoms with van der Waals surface area (Å²) in [7, 11) is 0. The Kier molecular flexibility index (Phi) is 11.2. The molecule has 0 saturated carbocycles. The van der Waals surface area contributed by atoms with Crippen LogP contribution in [0.25, 0.3) is 66.8 Å². The molecule has 5 aliphatic rings. The average Bonchev–Trinajstić information content (AvgIpc) is 1.53. The number of hydrogen-bond donors (Lipinski definition) is 0. The molecule has 6 nitrogen and oxygen atoms in total. The van der Waals surface area contributed by atoms with E-state index >= 15 is 0 Å². The molecule has 6 heteroatoms. The predicted octanol–water partition coefficient (Wildman–Crippen LogP) is 20.9. The van der Waals surface area contributed by atoms with Gasteiger partial charge in [-0.1, -0.05) is 255 Å². The van der Waals surface area contributed by atoms with Crippen molar-refractivity contribution in [3.8, 4) is 90.4 Å². The van der Waals surface area contributed by atoms with Gasteiger partial charge in [-0.05, 0) is 137 Å². The number of nitrogens with zero attached hydrogens (tertiary/aromatic N) is 4. The summed E-state index contributed by atoms with van der Waals surface area (Å²) in [6, 6.07) is 109. The highest BCUT2D eigenvalue weighted by Crippen LogP contribution is 2.69. The van der Waals surface area contributed by atoms with Crippen molar-refractivity contribution in [1.82, 2.24) is 0 Å². The maximum Gasteiger partial charge on any atom is 0.246 e. The monoisotopic (exact) mass is 1160 g/mol. The first-order valence-electron chi connectivity index (χ1n) is 31.0. The SMILES string of the molecule is CC1(C)Oc2c(c(N(c3ccc(-c4ccccc4)cc3)c3cccc4c3-c3ccccc3C43c4ccccc4-c4ccccc43)c(C#N)c(C#N)c2N(c2ccc(-c3ccccc3)cc2)c2cccc3c2-c2ccccc2C32c3ccccc3-c3ccccc32)O1. The lowest BCUT2D eigenvalue weighted by molar-refractivity contribution is -0.0427. The molecule has 2 spiro atoms. The maximum absolute atomic E-state index is 12.4. The van der Waals surface area contributed by atoms with Crippen LogP contribution in [0.4, 0.5) is 34.1 Å². The summed E-state index contributed by atoms with van der Waals surface area (Å²) >= 11 is 0. The lowest BCUT2D eigenvalue weighted by atomic mass is 9.70. The van der Waals surface area contributed by atoms with Crippen LogP contribution in [0.1, 0.15) is 69.5 Å². The van der Waals surface area contributed by atoms with E-state index in [0.29, 0.717) is 22.9 Å². The van der Waals surface area contributed by atoms with Crippen molar-refractivity contribution in [3.63, 3.8) is 0 Å². The fourth-order valence-electron chi connectivity index (χ4n) is 16.3. The highest BCUT2D eigenvalue weighted by molar-refractivity contribution is 6.07. The molecule has 1 heterocycles. The second-order valence-corrected chi connectivity index (χ2v) is 24.6. The average molecular weight is 1160 g/mol. The van der Waals surface area contributed by atoms with Crippen LogP contribution >= 0.6 is 0 Å². The van der Waals surface area contributed by atoms with Crippen molar-refractivity contribution in [3.05, 3.63) is 347 Å². The third-order valence-corrected chi connectivity index (χ3v) is 19.7. The normalized spacial score (nSPS) is 14.2. The zero-order valence-electron chi connectivity index (χ0n) is 49.8. The van der Waals surface area contributed by atoms with E-state index in [-0.39, 0.29) is 11.1 Å². The second kappa shape index (κ2) is 19.5. The Balaban J connectivity index is 0.937. The van der Waals surface area contributed by atoms with Crippen LogP contribution in [0.2, 0.25) is 0 Å². The van der Waals surface area contributed by atoms with E-state index in [1.165, 1.54) is 55.6 Å². The number of anilines is 6. The van der Waals surface area contributed by atoms with Gasteiger partial charge in [0, 0.05) is 36.3 Å². The fourth-order valence-corrected chi connectivity index (χ4v) is 16.3. The van der Waals surface area contributed by atoms with E-state index in [0.717, 1.165) is 78.4 Å². The van der Waals surface area contributed by atoms with E-state index in [4.69, 9.17) is 9.47 Å². The summed E-state index contributed by atoms with van der Waals surface area (Å²) in [6.07, 6.45) is 0. The van der Waals surface area contributed by atoms with Gasteiger partial charge in [0.05, 0.1) is 22.2 Å². The molecule has 0 fully saturated rings. The molecular weight excluding hydrogens is 1110 g/mol. The van der Waals surface area contributed by atoms with Gasteiger partial charge in [0.1, 0.15) is 34.6 Å². The van der Waals surface area contributed by atoms with Crippen molar-refractivity contribution < 1.29 is 9.47 Å². The molecule has 0 unspecified atom stereocenters.